The quantitative estimate of drug-likeness (QED) is 0.329. The molecule has 0 saturated heterocycles. The predicted molar refractivity (Wildman–Crippen MR) is 102 cm³/mol. The Morgan fingerprint density at radius 2 is 1.93 bits per heavy atom. The van der Waals surface area contributed by atoms with Gasteiger partial charge in [0.25, 0.3) is 5.69 Å². The third-order valence-electron chi connectivity index (χ3n) is 4.19. The number of non-ortho nitro benzene ring substituents is 1. The van der Waals surface area contributed by atoms with Crippen LogP contribution in [0, 0.1) is 17.0 Å². The molecule has 4 aromatic rings. The highest BCUT2D eigenvalue weighted by atomic mass is 16.6. The summed E-state index contributed by atoms with van der Waals surface area (Å²) < 4.78 is 0.684. The fourth-order valence-electron chi connectivity index (χ4n) is 2.90. The number of nitro benzene ring substituents is 1. The summed E-state index contributed by atoms with van der Waals surface area (Å²) in [6.07, 6.45) is 1.22. The van der Waals surface area contributed by atoms with Gasteiger partial charge < -0.3 is 9.97 Å². The maximum Gasteiger partial charge on any atom is 0.350 e. The molecule has 2 N–H and O–H groups in total. The lowest BCUT2D eigenvalue weighted by Crippen LogP contribution is -2.32. The molecule has 134 valence electrons. The van der Waals surface area contributed by atoms with Crippen molar-refractivity contribution < 1.29 is 4.92 Å². The summed E-state index contributed by atoms with van der Waals surface area (Å²) in [5.74, 6) is 0. The van der Waals surface area contributed by atoms with Crippen LogP contribution in [0.3, 0.4) is 0 Å². The fraction of sp³-hybridized carbons (Fsp3) is 0.0556. The molecule has 0 aliphatic heterocycles. The van der Waals surface area contributed by atoms with Crippen molar-refractivity contribution in [1.29, 1.82) is 0 Å². The lowest BCUT2D eigenvalue weighted by Gasteiger charge is -1.98. The van der Waals surface area contributed by atoms with Crippen LogP contribution in [0.4, 0.5) is 5.69 Å². The molecule has 0 aliphatic carbocycles. The zero-order chi connectivity index (χ0) is 19.1. The van der Waals surface area contributed by atoms with Gasteiger partial charge in [0.05, 0.1) is 16.7 Å². The highest BCUT2D eigenvalue weighted by molar-refractivity contribution is 6.04. The number of aryl methyl sites for hydroxylation is 1. The number of fused-ring (bicyclic) bond motifs is 3. The van der Waals surface area contributed by atoms with Gasteiger partial charge >= 0.3 is 11.2 Å². The Kier molecular flexibility index (Phi) is 3.69. The number of aromatic nitrogens is 3. The van der Waals surface area contributed by atoms with Gasteiger partial charge in [0.15, 0.2) is 0 Å². The van der Waals surface area contributed by atoms with E-state index in [1.54, 1.807) is 6.07 Å². The molecule has 9 heteroatoms. The number of hydrogen-bond acceptors (Lipinski definition) is 5. The van der Waals surface area contributed by atoms with E-state index in [4.69, 9.17) is 0 Å². The summed E-state index contributed by atoms with van der Waals surface area (Å²) in [6.45, 7) is 1.92. The number of nitro groups is 1. The van der Waals surface area contributed by atoms with Gasteiger partial charge in [-0.25, -0.2) is 4.79 Å². The molecule has 0 aliphatic rings. The van der Waals surface area contributed by atoms with E-state index < -0.39 is 16.2 Å². The molecule has 2 aromatic carbocycles. The van der Waals surface area contributed by atoms with Gasteiger partial charge in [-0.3, -0.25) is 14.9 Å². The standard InChI is InChI=1S/C18H13N5O4/c1-10-5-6-14-13(7-10)15-16(20-14)17(24)22(18(25)21-15)19-9-11-3-2-4-12(8-11)23(26)27/h2-9,20H,1H3,(H,21,25)/b19-9-. The smallest absolute Gasteiger partial charge is 0.349 e. The van der Waals surface area contributed by atoms with E-state index in [9.17, 15) is 19.7 Å². The number of H-pyrrole nitrogens is 2. The van der Waals surface area contributed by atoms with Crippen molar-refractivity contribution in [3.8, 4) is 0 Å². The van der Waals surface area contributed by atoms with E-state index in [-0.39, 0.29) is 11.2 Å². The third kappa shape index (κ3) is 2.80. The molecule has 9 nitrogen and oxygen atoms in total. The molecule has 0 spiro atoms. The topological polar surface area (TPSA) is 126 Å². The van der Waals surface area contributed by atoms with Crippen LogP contribution in [0.2, 0.25) is 0 Å². The second-order valence-corrected chi connectivity index (χ2v) is 6.07. The Labute approximate surface area is 150 Å². The lowest BCUT2D eigenvalue weighted by atomic mass is 10.2. The maximum absolute atomic E-state index is 12.7. The summed E-state index contributed by atoms with van der Waals surface area (Å²) in [5.41, 5.74) is 1.35. The van der Waals surface area contributed by atoms with Gasteiger partial charge in [-0.05, 0) is 19.1 Å². The second-order valence-electron chi connectivity index (χ2n) is 6.07. The summed E-state index contributed by atoms with van der Waals surface area (Å²) in [7, 11) is 0. The average Bonchev–Trinajstić information content (AvgIpc) is 3.00. The van der Waals surface area contributed by atoms with Crippen molar-refractivity contribution in [3.05, 3.63) is 84.5 Å². The first kappa shape index (κ1) is 16.5. The Morgan fingerprint density at radius 1 is 1.11 bits per heavy atom. The van der Waals surface area contributed by atoms with Crippen LogP contribution in [0.25, 0.3) is 21.9 Å². The molecule has 0 unspecified atom stereocenters. The molecule has 0 amide bonds. The summed E-state index contributed by atoms with van der Waals surface area (Å²) >= 11 is 0. The Balaban J connectivity index is 1.86. The summed E-state index contributed by atoms with van der Waals surface area (Å²) in [6, 6.07) is 11.3. The highest BCUT2D eigenvalue weighted by Gasteiger charge is 2.12. The van der Waals surface area contributed by atoms with Crippen LogP contribution in [0.1, 0.15) is 11.1 Å². The molecule has 2 heterocycles. The first-order valence-electron chi connectivity index (χ1n) is 8.00. The molecule has 0 atom stereocenters. The van der Waals surface area contributed by atoms with Gasteiger partial charge in [0.1, 0.15) is 5.52 Å². The minimum absolute atomic E-state index is 0.110. The van der Waals surface area contributed by atoms with E-state index in [0.717, 1.165) is 16.5 Å². The normalized spacial score (nSPS) is 11.6. The van der Waals surface area contributed by atoms with Crippen molar-refractivity contribution in [2.24, 2.45) is 5.10 Å². The molecular formula is C18H13N5O4. The SMILES string of the molecule is Cc1ccc2[nH]c3c(=O)n(/N=C\c4cccc([N+](=O)[O-])c4)c(=O)[nH]c3c2c1. The van der Waals surface area contributed by atoms with Crippen molar-refractivity contribution in [3.63, 3.8) is 0 Å². The molecular weight excluding hydrogens is 350 g/mol. The zero-order valence-electron chi connectivity index (χ0n) is 14.1. The van der Waals surface area contributed by atoms with Crippen LogP contribution < -0.4 is 11.2 Å². The molecule has 27 heavy (non-hydrogen) atoms. The Bertz CT molecular complexity index is 1360. The molecule has 0 bridgehead atoms. The van der Waals surface area contributed by atoms with Gasteiger partial charge in [-0.15, -0.1) is 4.68 Å². The van der Waals surface area contributed by atoms with Gasteiger partial charge in [-0.2, -0.15) is 5.10 Å². The van der Waals surface area contributed by atoms with Crippen molar-refractivity contribution in [2.75, 3.05) is 0 Å². The number of nitrogens with one attached hydrogen (secondary N) is 2. The second kappa shape index (κ2) is 6.06. The van der Waals surface area contributed by atoms with Gasteiger partial charge in [-0.1, -0.05) is 23.8 Å². The first-order chi connectivity index (χ1) is 12.9. The number of hydrogen-bond donors (Lipinski definition) is 2. The first-order valence-corrected chi connectivity index (χ1v) is 8.00. The van der Waals surface area contributed by atoms with E-state index in [0.29, 0.717) is 15.8 Å². The van der Waals surface area contributed by atoms with Crippen LogP contribution in [0.5, 0.6) is 0 Å². The largest absolute Gasteiger partial charge is 0.350 e. The van der Waals surface area contributed by atoms with E-state index in [1.807, 2.05) is 25.1 Å². The minimum Gasteiger partial charge on any atom is -0.349 e. The summed E-state index contributed by atoms with van der Waals surface area (Å²) in [4.78, 5) is 41.0. The van der Waals surface area contributed by atoms with Crippen LogP contribution in [-0.2, 0) is 0 Å². The van der Waals surface area contributed by atoms with E-state index in [2.05, 4.69) is 15.1 Å². The minimum atomic E-state index is -0.698. The van der Waals surface area contributed by atoms with Crippen molar-refractivity contribution >= 4 is 33.8 Å². The predicted octanol–water partition coefficient (Wildman–Crippen LogP) is 2.27. The molecule has 0 fully saturated rings. The Morgan fingerprint density at radius 3 is 2.70 bits per heavy atom. The third-order valence-corrected chi connectivity index (χ3v) is 4.19. The monoisotopic (exact) mass is 363 g/mol. The number of aromatic amines is 2. The van der Waals surface area contributed by atoms with Crippen molar-refractivity contribution in [1.82, 2.24) is 14.6 Å². The van der Waals surface area contributed by atoms with E-state index >= 15 is 0 Å². The van der Waals surface area contributed by atoms with Gasteiger partial charge in [0.2, 0.25) is 0 Å². The molecule has 4 rings (SSSR count). The van der Waals surface area contributed by atoms with E-state index in [1.165, 1.54) is 24.4 Å². The number of nitrogens with zero attached hydrogens (tertiary/aromatic N) is 3. The lowest BCUT2D eigenvalue weighted by molar-refractivity contribution is -0.384. The number of benzene rings is 2. The molecule has 0 radical (unpaired) electrons. The van der Waals surface area contributed by atoms with Crippen molar-refractivity contribution in [2.45, 2.75) is 6.92 Å². The van der Waals surface area contributed by atoms with Crippen LogP contribution >= 0.6 is 0 Å². The summed E-state index contributed by atoms with van der Waals surface area (Å²) in [5, 5.41) is 15.5. The zero-order valence-corrected chi connectivity index (χ0v) is 14.1. The maximum atomic E-state index is 12.7. The van der Waals surface area contributed by atoms with Gasteiger partial charge in [0, 0.05) is 28.6 Å². The average molecular weight is 363 g/mol. The highest BCUT2D eigenvalue weighted by Crippen LogP contribution is 2.21. The van der Waals surface area contributed by atoms with Crippen LogP contribution in [-0.4, -0.2) is 25.8 Å². The number of rotatable bonds is 3. The van der Waals surface area contributed by atoms with Crippen LogP contribution in [0.15, 0.2) is 57.2 Å². The molecule has 0 saturated carbocycles. The Hall–Kier alpha value is -4.01. The molecule has 2 aromatic heterocycles. The fourth-order valence-corrected chi connectivity index (χ4v) is 2.90.